The number of aryl methyl sites for hydroxylation is 1. The Morgan fingerprint density at radius 1 is 1.09 bits per heavy atom. The summed E-state index contributed by atoms with van der Waals surface area (Å²) in [5.74, 6) is -0.250. The third kappa shape index (κ3) is 4.81. The molecule has 2 aromatic rings. The minimum Gasteiger partial charge on any atom is -0.337 e. The molecule has 23 heavy (non-hydrogen) atoms. The van der Waals surface area contributed by atoms with Crippen LogP contribution in [0.25, 0.3) is 0 Å². The maximum Gasteiger partial charge on any atom is 0.315 e. The first-order valence-electron chi connectivity index (χ1n) is 7.71. The maximum atomic E-state index is 13.9. The highest BCUT2D eigenvalue weighted by Gasteiger charge is 2.24. The molecule has 2 aromatic carbocycles. The highest BCUT2D eigenvalue weighted by atomic mass is 19.1. The lowest BCUT2D eigenvalue weighted by molar-refractivity contribution is 0.238. The molecule has 0 aromatic heterocycles. The second-order valence-electron chi connectivity index (χ2n) is 6.39. The van der Waals surface area contributed by atoms with Crippen LogP contribution < -0.4 is 10.6 Å². The Bertz CT molecular complexity index is 683. The van der Waals surface area contributed by atoms with Gasteiger partial charge in [0.25, 0.3) is 0 Å². The van der Waals surface area contributed by atoms with Crippen molar-refractivity contribution in [2.24, 2.45) is 0 Å². The van der Waals surface area contributed by atoms with Crippen molar-refractivity contribution in [3.05, 3.63) is 71.0 Å². The van der Waals surface area contributed by atoms with Gasteiger partial charge in [0.05, 0.1) is 0 Å². The molecule has 0 bridgehead atoms. The molecule has 0 aliphatic rings. The van der Waals surface area contributed by atoms with Gasteiger partial charge in [0.1, 0.15) is 5.82 Å². The van der Waals surface area contributed by atoms with Gasteiger partial charge in [-0.25, -0.2) is 9.18 Å². The standard InChI is InChI=1S/C19H23FN2O/c1-14-7-6-8-15(11-14)12-21-18(23)22-13-19(2,3)16-9-4-5-10-17(16)20/h4-11H,12-13H2,1-3H3,(H2,21,22,23). The number of rotatable bonds is 5. The Balaban J connectivity index is 1.87. The van der Waals surface area contributed by atoms with E-state index in [1.807, 2.05) is 45.0 Å². The lowest BCUT2D eigenvalue weighted by Crippen LogP contribution is -2.42. The van der Waals surface area contributed by atoms with E-state index in [2.05, 4.69) is 10.6 Å². The number of hydrogen-bond acceptors (Lipinski definition) is 1. The van der Waals surface area contributed by atoms with Crippen molar-refractivity contribution in [3.8, 4) is 0 Å². The van der Waals surface area contributed by atoms with Crippen LogP contribution in [-0.4, -0.2) is 12.6 Å². The molecule has 0 aliphatic carbocycles. The van der Waals surface area contributed by atoms with E-state index in [1.54, 1.807) is 18.2 Å². The second kappa shape index (κ2) is 7.27. The third-order valence-corrected chi connectivity index (χ3v) is 3.83. The first-order chi connectivity index (χ1) is 10.9. The minimum absolute atomic E-state index is 0.250. The van der Waals surface area contributed by atoms with Gasteiger partial charge < -0.3 is 10.6 Å². The monoisotopic (exact) mass is 314 g/mol. The third-order valence-electron chi connectivity index (χ3n) is 3.83. The molecular formula is C19H23FN2O. The molecule has 2 rings (SSSR count). The van der Waals surface area contributed by atoms with E-state index in [9.17, 15) is 9.18 Å². The van der Waals surface area contributed by atoms with Crippen LogP contribution in [0.2, 0.25) is 0 Å². The molecule has 0 saturated carbocycles. The zero-order valence-electron chi connectivity index (χ0n) is 13.8. The molecule has 0 atom stereocenters. The molecule has 0 aliphatic heterocycles. The Hall–Kier alpha value is -2.36. The number of carbonyl (C=O) groups excluding carboxylic acids is 1. The molecule has 0 heterocycles. The summed E-state index contributed by atoms with van der Waals surface area (Å²) in [6, 6.07) is 14.4. The number of carbonyl (C=O) groups is 1. The largest absolute Gasteiger partial charge is 0.337 e. The van der Waals surface area contributed by atoms with E-state index >= 15 is 0 Å². The zero-order chi connectivity index (χ0) is 16.9. The number of halogens is 1. The zero-order valence-corrected chi connectivity index (χ0v) is 13.8. The SMILES string of the molecule is Cc1cccc(CNC(=O)NCC(C)(C)c2ccccc2F)c1. The number of amides is 2. The van der Waals surface area contributed by atoms with Crippen molar-refractivity contribution in [2.45, 2.75) is 32.7 Å². The molecule has 0 radical (unpaired) electrons. The summed E-state index contributed by atoms with van der Waals surface area (Å²) in [6.45, 7) is 6.65. The summed E-state index contributed by atoms with van der Waals surface area (Å²) in [5.41, 5.74) is 2.32. The topological polar surface area (TPSA) is 41.1 Å². The van der Waals surface area contributed by atoms with Gasteiger partial charge in [0.15, 0.2) is 0 Å². The maximum absolute atomic E-state index is 13.9. The highest BCUT2D eigenvalue weighted by Crippen LogP contribution is 2.24. The van der Waals surface area contributed by atoms with Crippen LogP contribution in [0.5, 0.6) is 0 Å². The van der Waals surface area contributed by atoms with E-state index < -0.39 is 5.41 Å². The Kier molecular flexibility index (Phi) is 5.37. The molecule has 0 spiro atoms. The van der Waals surface area contributed by atoms with Crippen LogP contribution in [0.15, 0.2) is 48.5 Å². The fourth-order valence-corrected chi connectivity index (χ4v) is 2.47. The number of nitrogens with one attached hydrogen (secondary N) is 2. The molecule has 4 heteroatoms. The summed E-state index contributed by atoms with van der Waals surface area (Å²) in [6.07, 6.45) is 0. The summed E-state index contributed by atoms with van der Waals surface area (Å²) in [4.78, 5) is 11.9. The summed E-state index contributed by atoms with van der Waals surface area (Å²) >= 11 is 0. The lowest BCUT2D eigenvalue weighted by Gasteiger charge is -2.26. The van der Waals surface area contributed by atoms with Gasteiger partial charge in [0, 0.05) is 18.5 Å². The van der Waals surface area contributed by atoms with Gasteiger partial charge in [-0.15, -0.1) is 0 Å². The molecule has 3 nitrogen and oxygen atoms in total. The second-order valence-corrected chi connectivity index (χ2v) is 6.39. The fraction of sp³-hybridized carbons (Fsp3) is 0.316. The summed E-state index contributed by atoms with van der Waals surface area (Å²) < 4.78 is 13.9. The first kappa shape index (κ1) is 17.0. The highest BCUT2D eigenvalue weighted by molar-refractivity contribution is 5.74. The van der Waals surface area contributed by atoms with Crippen LogP contribution in [-0.2, 0) is 12.0 Å². The smallest absolute Gasteiger partial charge is 0.315 e. The average Bonchev–Trinajstić information content (AvgIpc) is 2.51. The number of hydrogen-bond donors (Lipinski definition) is 2. The van der Waals surface area contributed by atoms with Gasteiger partial charge in [0.2, 0.25) is 0 Å². The van der Waals surface area contributed by atoms with Gasteiger partial charge >= 0.3 is 6.03 Å². The van der Waals surface area contributed by atoms with Gasteiger partial charge in [-0.05, 0) is 24.1 Å². The van der Waals surface area contributed by atoms with E-state index in [1.165, 1.54) is 6.07 Å². The number of benzene rings is 2. The van der Waals surface area contributed by atoms with Crippen LogP contribution >= 0.6 is 0 Å². The van der Waals surface area contributed by atoms with Gasteiger partial charge in [-0.1, -0.05) is 61.9 Å². The fourth-order valence-electron chi connectivity index (χ4n) is 2.47. The Labute approximate surface area is 136 Å². The van der Waals surface area contributed by atoms with E-state index in [4.69, 9.17) is 0 Å². The van der Waals surface area contributed by atoms with Crippen LogP contribution in [0.1, 0.15) is 30.5 Å². The minimum atomic E-state index is -0.480. The quantitative estimate of drug-likeness (QED) is 0.863. The predicted octanol–water partition coefficient (Wildman–Crippen LogP) is 3.91. The van der Waals surface area contributed by atoms with Crippen molar-refractivity contribution in [3.63, 3.8) is 0 Å². The first-order valence-corrected chi connectivity index (χ1v) is 7.71. The summed E-state index contributed by atoms with van der Waals surface area (Å²) in [7, 11) is 0. The molecular weight excluding hydrogens is 291 g/mol. The Morgan fingerprint density at radius 3 is 2.52 bits per heavy atom. The summed E-state index contributed by atoms with van der Waals surface area (Å²) in [5, 5.41) is 5.64. The van der Waals surface area contributed by atoms with Crippen LogP contribution in [0.4, 0.5) is 9.18 Å². The molecule has 2 amide bonds. The van der Waals surface area contributed by atoms with Crippen molar-refractivity contribution >= 4 is 6.03 Å². The van der Waals surface area contributed by atoms with Crippen molar-refractivity contribution < 1.29 is 9.18 Å². The normalized spacial score (nSPS) is 11.1. The van der Waals surface area contributed by atoms with Crippen molar-refractivity contribution in [1.82, 2.24) is 10.6 Å². The van der Waals surface area contributed by atoms with Crippen molar-refractivity contribution in [1.29, 1.82) is 0 Å². The van der Waals surface area contributed by atoms with Crippen molar-refractivity contribution in [2.75, 3.05) is 6.54 Å². The van der Waals surface area contributed by atoms with Crippen LogP contribution in [0.3, 0.4) is 0 Å². The molecule has 0 fully saturated rings. The predicted molar refractivity (Wildman–Crippen MR) is 90.8 cm³/mol. The molecule has 0 unspecified atom stereocenters. The van der Waals surface area contributed by atoms with E-state index in [0.717, 1.165) is 11.1 Å². The van der Waals surface area contributed by atoms with Gasteiger partial charge in [-0.3, -0.25) is 0 Å². The molecule has 122 valence electrons. The number of urea groups is 1. The molecule has 2 N–H and O–H groups in total. The average molecular weight is 314 g/mol. The van der Waals surface area contributed by atoms with Crippen LogP contribution in [0, 0.1) is 12.7 Å². The Morgan fingerprint density at radius 2 is 1.83 bits per heavy atom. The molecule has 0 saturated heterocycles. The lowest BCUT2D eigenvalue weighted by atomic mass is 9.84. The van der Waals surface area contributed by atoms with E-state index in [-0.39, 0.29) is 11.8 Å². The van der Waals surface area contributed by atoms with Gasteiger partial charge in [-0.2, -0.15) is 0 Å². The van der Waals surface area contributed by atoms with E-state index in [0.29, 0.717) is 18.7 Å².